The minimum Gasteiger partial charge on any atom is -0.363 e. The third-order valence-electron chi connectivity index (χ3n) is 5.53. The van der Waals surface area contributed by atoms with Crippen LogP contribution in [0.25, 0.3) is 10.9 Å². The Morgan fingerprint density at radius 2 is 1.67 bits per heavy atom. The summed E-state index contributed by atoms with van der Waals surface area (Å²) in [5, 5.41) is 1.97. The third-order valence-corrected chi connectivity index (χ3v) is 5.76. The largest absolute Gasteiger partial charge is 0.363 e. The molecule has 5 rings (SSSR count). The number of hydrogen-bond acceptors (Lipinski definition) is 1. The van der Waals surface area contributed by atoms with Gasteiger partial charge in [0.05, 0.1) is 0 Å². The monoisotopic (exact) mass is 372 g/mol. The molecule has 0 saturated heterocycles. The zero-order valence-electron chi connectivity index (χ0n) is 15.3. The zero-order chi connectivity index (χ0) is 18.4. The molecule has 3 aromatic carbocycles. The minimum absolute atomic E-state index is 0.784. The molecule has 0 bridgehead atoms. The van der Waals surface area contributed by atoms with Crippen LogP contribution in [0.1, 0.15) is 22.3 Å². The van der Waals surface area contributed by atoms with E-state index in [-0.39, 0.29) is 0 Å². The van der Waals surface area contributed by atoms with Gasteiger partial charge in [-0.25, -0.2) is 0 Å². The number of anilines is 1. The molecule has 0 saturated carbocycles. The Balaban J connectivity index is 1.40. The van der Waals surface area contributed by atoms with Gasteiger partial charge in [0.25, 0.3) is 0 Å². The van der Waals surface area contributed by atoms with Gasteiger partial charge < -0.3 is 9.47 Å². The molecular formula is C24H21ClN2. The summed E-state index contributed by atoms with van der Waals surface area (Å²) >= 11 is 6.11. The summed E-state index contributed by atoms with van der Waals surface area (Å²) in [6.45, 7) is 5.08. The van der Waals surface area contributed by atoms with Crippen LogP contribution in [0.5, 0.6) is 0 Å². The van der Waals surface area contributed by atoms with Crippen LogP contribution in [0.2, 0.25) is 5.02 Å². The van der Waals surface area contributed by atoms with Crippen LogP contribution in [-0.2, 0) is 19.6 Å². The maximum Gasteiger partial charge on any atom is 0.0484 e. The molecule has 134 valence electrons. The summed E-state index contributed by atoms with van der Waals surface area (Å²) in [4.78, 5) is 2.47. The molecule has 1 aliphatic rings. The van der Waals surface area contributed by atoms with E-state index in [0.29, 0.717) is 0 Å². The van der Waals surface area contributed by atoms with Gasteiger partial charge in [-0.2, -0.15) is 0 Å². The van der Waals surface area contributed by atoms with Crippen molar-refractivity contribution < 1.29 is 0 Å². The smallest absolute Gasteiger partial charge is 0.0484 e. The molecule has 1 aromatic heterocycles. The number of hydrogen-bond donors (Lipinski definition) is 0. The normalized spacial score (nSPS) is 13.3. The van der Waals surface area contributed by atoms with E-state index in [4.69, 9.17) is 11.6 Å². The van der Waals surface area contributed by atoms with E-state index >= 15 is 0 Å². The molecular weight excluding hydrogens is 352 g/mol. The van der Waals surface area contributed by atoms with Crippen molar-refractivity contribution in [2.24, 2.45) is 0 Å². The van der Waals surface area contributed by atoms with Gasteiger partial charge in [0.15, 0.2) is 0 Å². The number of aromatic nitrogens is 1. The number of aryl methyl sites for hydroxylation is 1. The highest BCUT2D eigenvalue weighted by Gasteiger charge is 2.19. The van der Waals surface area contributed by atoms with Crippen molar-refractivity contribution in [2.75, 3.05) is 4.90 Å². The SMILES string of the molecule is Cc1cc(Cn2ccc3cc(Cl)ccc32)ccc1N1Cc2ccccc2C1. The lowest BCUT2D eigenvalue weighted by Gasteiger charge is -2.21. The maximum atomic E-state index is 6.11. The minimum atomic E-state index is 0.784. The van der Waals surface area contributed by atoms with Crippen molar-refractivity contribution in [2.45, 2.75) is 26.6 Å². The van der Waals surface area contributed by atoms with Crippen molar-refractivity contribution in [1.29, 1.82) is 0 Å². The Bertz CT molecular complexity index is 1120. The molecule has 0 amide bonds. The third kappa shape index (κ3) is 3.00. The van der Waals surface area contributed by atoms with Crippen LogP contribution < -0.4 is 4.90 Å². The van der Waals surface area contributed by atoms with E-state index < -0.39 is 0 Å². The Morgan fingerprint density at radius 3 is 2.41 bits per heavy atom. The summed E-state index contributed by atoms with van der Waals surface area (Å²) in [7, 11) is 0. The van der Waals surface area contributed by atoms with Crippen LogP contribution in [0.15, 0.2) is 72.9 Å². The van der Waals surface area contributed by atoms with Crippen LogP contribution in [0, 0.1) is 6.92 Å². The highest BCUT2D eigenvalue weighted by Crippen LogP contribution is 2.31. The fourth-order valence-corrected chi connectivity index (χ4v) is 4.36. The van der Waals surface area contributed by atoms with Gasteiger partial charge in [-0.1, -0.05) is 48.0 Å². The standard InChI is InChI=1S/C24H21ClN2/c1-17-12-18(14-26-11-10-19-13-22(25)7-9-24(19)26)6-8-23(17)27-15-20-4-2-3-5-21(20)16-27/h2-13H,14-16H2,1H3. The molecule has 0 fully saturated rings. The van der Waals surface area contributed by atoms with Gasteiger partial charge in [-0.05, 0) is 59.5 Å². The lowest BCUT2D eigenvalue weighted by atomic mass is 10.1. The van der Waals surface area contributed by atoms with Crippen LogP contribution in [-0.4, -0.2) is 4.57 Å². The predicted octanol–water partition coefficient (Wildman–Crippen LogP) is 6.17. The summed E-state index contributed by atoms with van der Waals surface area (Å²) in [5.41, 5.74) is 8.09. The lowest BCUT2D eigenvalue weighted by molar-refractivity contribution is 0.831. The second kappa shape index (κ2) is 6.47. The number of benzene rings is 3. The average molecular weight is 373 g/mol. The number of fused-ring (bicyclic) bond motifs is 2. The van der Waals surface area contributed by atoms with Crippen molar-refractivity contribution >= 4 is 28.2 Å². The summed E-state index contributed by atoms with van der Waals surface area (Å²) in [5.74, 6) is 0. The number of halogens is 1. The first-order valence-corrected chi connectivity index (χ1v) is 9.71. The Kier molecular flexibility index (Phi) is 3.95. The topological polar surface area (TPSA) is 8.17 Å². The van der Waals surface area contributed by atoms with Gasteiger partial charge in [0, 0.05) is 47.4 Å². The van der Waals surface area contributed by atoms with Crippen molar-refractivity contribution in [3.63, 3.8) is 0 Å². The predicted molar refractivity (Wildman–Crippen MR) is 114 cm³/mol. The quantitative estimate of drug-likeness (QED) is 0.417. The van der Waals surface area contributed by atoms with Gasteiger partial charge in [-0.3, -0.25) is 0 Å². The summed E-state index contributed by atoms with van der Waals surface area (Å²) < 4.78 is 2.28. The molecule has 0 N–H and O–H groups in total. The first-order chi connectivity index (χ1) is 13.2. The number of rotatable bonds is 3. The second-order valence-corrected chi connectivity index (χ2v) is 7.83. The average Bonchev–Trinajstić information content (AvgIpc) is 3.25. The number of nitrogens with zero attached hydrogens (tertiary/aromatic N) is 2. The van der Waals surface area contributed by atoms with Crippen molar-refractivity contribution in [3.8, 4) is 0 Å². The molecule has 1 aliphatic heterocycles. The summed E-state index contributed by atoms with van der Waals surface area (Å²) in [6, 6.07) is 23.8. The summed E-state index contributed by atoms with van der Waals surface area (Å²) in [6.07, 6.45) is 2.14. The van der Waals surface area contributed by atoms with Crippen LogP contribution in [0.4, 0.5) is 5.69 Å². The highest BCUT2D eigenvalue weighted by atomic mass is 35.5. The fraction of sp³-hybridized carbons (Fsp3) is 0.167. The van der Waals surface area contributed by atoms with Crippen molar-refractivity contribution in [1.82, 2.24) is 4.57 Å². The Hall–Kier alpha value is -2.71. The molecule has 4 aromatic rings. The first-order valence-electron chi connectivity index (χ1n) is 9.33. The van der Waals surface area contributed by atoms with Crippen LogP contribution >= 0.6 is 11.6 Å². The molecule has 0 aliphatic carbocycles. The molecule has 27 heavy (non-hydrogen) atoms. The molecule has 3 heteroatoms. The molecule has 2 heterocycles. The van der Waals surface area contributed by atoms with Crippen LogP contribution in [0.3, 0.4) is 0 Å². The van der Waals surface area contributed by atoms with E-state index in [2.05, 4.69) is 77.2 Å². The molecule has 0 atom stereocenters. The van der Waals surface area contributed by atoms with Gasteiger partial charge in [0.2, 0.25) is 0 Å². The second-order valence-electron chi connectivity index (χ2n) is 7.39. The highest BCUT2D eigenvalue weighted by molar-refractivity contribution is 6.31. The molecule has 0 spiro atoms. The Labute approximate surface area is 164 Å². The zero-order valence-corrected chi connectivity index (χ0v) is 16.1. The Morgan fingerprint density at radius 1 is 0.889 bits per heavy atom. The van der Waals surface area contributed by atoms with E-state index in [1.165, 1.54) is 38.8 Å². The first kappa shape index (κ1) is 16.5. The van der Waals surface area contributed by atoms with Crippen molar-refractivity contribution in [3.05, 3.63) is 100 Å². The molecule has 0 unspecified atom stereocenters. The van der Waals surface area contributed by atoms with E-state index in [9.17, 15) is 0 Å². The molecule has 0 radical (unpaired) electrons. The van der Waals surface area contributed by atoms with E-state index in [0.717, 1.165) is 24.7 Å². The maximum absolute atomic E-state index is 6.11. The molecule has 2 nitrogen and oxygen atoms in total. The van der Waals surface area contributed by atoms with E-state index in [1.54, 1.807) is 0 Å². The fourth-order valence-electron chi connectivity index (χ4n) is 4.18. The van der Waals surface area contributed by atoms with E-state index in [1.807, 2.05) is 12.1 Å². The van der Waals surface area contributed by atoms with Gasteiger partial charge in [-0.15, -0.1) is 0 Å². The van der Waals surface area contributed by atoms with Gasteiger partial charge >= 0.3 is 0 Å². The van der Waals surface area contributed by atoms with Gasteiger partial charge in [0.1, 0.15) is 0 Å². The lowest BCUT2D eigenvalue weighted by Crippen LogP contribution is -2.15.